The van der Waals surface area contributed by atoms with Gasteiger partial charge in [-0.1, -0.05) is 97.1 Å². The third kappa shape index (κ3) is 19.5. The summed E-state index contributed by atoms with van der Waals surface area (Å²) in [6.45, 7) is 0. The standard InChI is InChI=1S/C96H62O24/c97-63-25-1-55(2-26-63)17-41-83(105)113-77-49-71-73-53-81(117-87(109)45-21-59-9-33-67(101)34-10-59)96(120-90(112)48-24-62-15-39-70(104)40-16-62)94-76-52-80(116-86(108)44-20-58-7-31-66(100)32-8-58)78(114-84(106)42-18-56-3-27-64(98)28-4-56)50-72(76)74-54-82(118-88(110)46-22-60-11-35-68(102)36-12-60)95(119-89(111)47-23-61-13-37-69(103)38-14-61)93(92(74)91(73)94)75(71)51-79(77)115-85(107)43-19-57-5-29-65(99)30-6-57/h1-54,97-104H. The lowest BCUT2D eigenvalue weighted by atomic mass is 9.84. The number of hydrogen-bond donors (Lipinski definition) is 8. The molecule has 24 heteroatoms. The Morgan fingerprint density at radius 2 is 0.317 bits per heavy atom. The number of hydrogen-bond acceptors (Lipinski definition) is 24. The second kappa shape index (κ2) is 35.4. The fourth-order valence-electron chi connectivity index (χ4n) is 12.5. The van der Waals surface area contributed by atoms with Crippen LogP contribution >= 0.6 is 0 Å². The lowest BCUT2D eigenvalue weighted by Crippen LogP contribution is -2.12. The molecule has 590 valence electrons. The van der Waals surface area contributed by atoms with E-state index in [-0.39, 0.29) is 99.9 Å². The molecular formula is C96H62O24. The van der Waals surface area contributed by atoms with Gasteiger partial charge in [0, 0.05) is 70.2 Å². The average molecular weight is 1600 g/mol. The van der Waals surface area contributed by atoms with Crippen molar-refractivity contribution in [2.75, 3.05) is 0 Å². The van der Waals surface area contributed by atoms with Gasteiger partial charge in [-0.2, -0.15) is 0 Å². The van der Waals surface area contributed by atoms with Gasteiger partial charge in [0.1, 0.15) is 46.0 Å². The largest absolute Gasteiger partial charge is 0.508 e. The van der Waals surface area contributed by atoms with Gasteiger partial charge in [0.05, 0.1) is 0 Å². The van der Waals surface area contributed by atoms with Crippen LogP contribution in [-0.2, 0) is 38.4 Å². The minimum absolute atomic E-state index is 0.0393. The van der Waals surface area contributed by atoms with E-state index in [0.29, 0.717) is 44.5 Å². The Bertz CT molecular complexity index is 6230. The van der Waals surface area contributed by atoms with E-state index >= 15 is 9.59 Å². The predicted molar refractivity (Wildman–Crippen MR) is 447 cm³/mol. The molecule has 0 saturated carbocycles. The average Bonchev–Trinajstić information content (AvgIpc) is 0.682. The smallest absolute Gasteiger partial charge is 0.336 e. The summed E-state index contributed by atoms with van der Waals surface area (Å²) in [5.41, 5.74) is 3.22. The van der Waals surface area contributed by atoms with E-state index in [0.717, 1.165) is 48.6 Å². The summed E-state index contributed by atoms with van der Waals surface area (Å²) in [7, 11) is 0. The highest BCUT2D eigenvalue weighted by Crippen LogP contribution is 2.57. The Kier molecular flexibility index (Phi) is 23.4. The van der Waals surface area contributed by atoms with Crippen LogP contribution in [0.5, 0.6) is 92.0 Å². The maximum Gasteiger partial charge on any atom is 0.336 e. The Morgan fingerprint density at radius 1 is 0.175 bits per heavy atom. The molecule has 14 aromatic rings. The number of benzene rings is 14. The zero-order valence-electron chi connectivity index (χ0n) is 62.3. The maximum absolute atomic E-state index is 15.1. The third-order valence-electron chi connectivity index (χ3n) is 18.1. The highest BCUT2D eigenvalue weighted by molar-refractivity contribution is 6.43. The first kappa shape index (κ1) is 79.4. The van der Waals surface area contributed by atoms with Gasteiger partial charge in [0.2, 0.25) is 0 Å². The molecule has 0 heterocycles. The molecule has 0 aromatic heterocycles. The van der Waals surface area contributed by atoms with Gasteiger partial charge in [0.25, 0.3) is 0 Å². The number of rotatable bonds is 24. The van der Waals surface area contributed by atoms with Crippen molar-refractivity contribution in [3.63, 3.8) is 0 Å². The Balaban J connectivity index is 1.13. The van der Waals surface area contributed by atoms with Gasteiger partial charge in [-0.15, -0.1) is 0 Å². The minimum Gasteiger partial charge on any atom is -0.508 e. The molecule has 0 spiro atoms. The van der Waals surface area contributed by atoms with Crippen LogP contribution in [0.15, 0.2) is 279 Å². The molecule has 120 heavy (non-hydrogen) atoms. The van der Waals surface area contributed by atoms with Gasteiger partial charge >= 0.3 is 47.8 Å². The normalized spacial score (nSPS) is 11.8. The number of aromatic hydroxyl groups is 8. The van der Waals surface area contributed by atoms with Crippen LogP contribution in [0.2, 0.25) is 0 Å². The van der Waals surface area contributed by atoms with Crippen LogP contribution in [-0.4, -0.2) is 88.6 Å². The molecule has 0 aliphatic carbocycles. The van der Waals surface area contributed by atoms with Gasteiger partial charge in [-0.25, -0.2) is 38.4 Å². The van der Waals surface area contributed by atoms with Crippen LogP contribution < -0.4 is 37.9 Å². The number of phenols is 8. The van der Waals surface area contributed by atoms with Crippen molar-refractivity contribution < 1.29 is 117 Å². The Hall–Kier alpha value is -17.3. The van der Waals surface area contributed by atoms with Crippen molar-refractivity contribution in [1.29, 1.82) is 0 Å². The maximum atomic E-state index is 15.1. The second-order valence-corrected chi connectivity index (χ2v) is 26.5. The number of esters is 8. The molecule has 0 amide bonds. The molecule has 0 aliphatic rings. The molecular weight excluding hydrogens is 1540 g/mol. The van der Waals surface area contributed by atoms with Crippen LogP contribution in [0, 0.1) is 0 Å². The zero-order chi connectivity index (χ0) is 84.1. The Morgan fingerprint density at radius 3 is 0.500 bits per heavy atom. The summed E-state index contributed by atoms with van der Waals surface area (Å²) < 4.78 is 50.5. The molecule has 14 rings (SSSR count). The molecule has 0 unspecified atom stereocenters. The van der Waals surface area contributed by atoms with Crippen molar-refractivity contribution in [1.82, 2.24) is 0 Å². The monoisotopic (exact) mass is 1600 g/mol. The molecule has 0 saturated heterocycles. The summed E-state index contributed by atoms with van der Waals surface area (Å²) in [6.07, 6.45) is 18.9. The van der Waals surface area contributed by atoms with E-state index in [1.807, 2.05) is 0 Å². The first-order valence-electron chi connectivity index (χ1n) is 36.3. The molecule has 0 fully saturated rings. The number of ether oxygens (including phenoxy) is 8. The fourth-order valence-corrected chi connectivity index (χ4v) is 12.5. The van der Waals surface area contributed by atoms with Gasteiger partial charge in [-0.3, -0.25) is 0 Å². The molecule has 14 aromatic carbocycles. The summed E-state index contributed by atoms with van der Waals surface area (Å²) in [6, 6.07) is 53.3. The third-order valence-corrected chi connectivity index (χ3v) is 18.1. The quantitative estimate of drug-likeness (QED) is 0.00915. The summed E-state index contributed by atoms with van der Waals surface area (Å²) in [5, 5.41) is 80.1. The van der Waals surface area contributed by atoms with E-state index in [9.17, 15) is 69.6 Å². The number of carbonyl (C=O) groups is 8. The predicted octanol–water partition coefficient (Wildman–Crippen LogP) is 17.5. The number of phenolic OH excluding ortho intramolecular Hbond substituents is 8. The van der Waals surface area contributed by atoms with E-state index in [2.05, 4.69) is 0 Å². The molecule has 0 atom stereocenters. The van der Waals surface area contributed by atoms with E-state index < -0.39 is 93.8 Å². The van der Waals surface area contributed by atoms with Crippen LogP contribution in [0.3, 0.4) is 0 Å². The summed E-state index contributed by atoms with van der Waals surface area (Å²) in [5.74, 6) is -14.1. The highest BCUT2D eigenvalue weighted by Gasteiger charge is 2.32. The van der Waals surface area contributed by atoms with Gasteiger partial charge in [0.15, 0.2) is 46.0 Å². The summed E-state index contributed by atoms with van der Waals surface area (Å²) >= 11 is 0. The topological polar surface area (TPSA) is 372 Å². The summed E-state index contributed by atoms with van der Waals surface area (Å²) in [4.78, 5) is 118. The van der Waals surface area contributed by atoms with Crippen molar-refractivity contribution in [3.8, 4) is 92.0 Å². The fraction of sp³-hybridized carbons (Fsp3) is 0. The lowest BCUT2D eigenvalue weighted by molar-refractivity contribution is -0.131. The van der Waals surface area contributed by atoms with Crippen molar-refractivity contribution in [2.24, 2.45) is 0 Å². The van der Waals surface area contributed by atoms with Crippen LogP contribution in [0.4, 0.5) is 0 Å². The first-order chi connectivity index (χ1) is 57.9. The minimum atomic E-state index is -1.16. The van der Waals surface area contributed by atoms with Crippen molar-refractivity contribution in [2.45, 2.75) is 0 Å². The van der Waals surface area contributed by atoms with Crippen molar-refractivity contribution >= 4 is 150 Å². The number of fused-ring (bicyclic) bond motifs is 6. The van der Waals surface area contributed by atoms with E-state index in [4.69, 9.17) is 37.9 Å². The SMILES string of the molecule is O=C(C=Cc1ccc(O)cc1)Oc1cc2c(cc1OC(=O)C=Cc1ccc(O)cc1)c1c(OC(=O)C=Cc3ccc(O)cc3)c(OC(=O)C=Cc3ccc(O)cc3)cc3c4cc(OC(=O)C=Cc5ccc(O)cc5)c(OC(=O)C=Cc5ccc(O)cc5)cc4c4c(OC(=O)C=Cc5ccc(O)cc5)c(OC(=O)C=Cc5ccc(O)cc5)cc2c4c31. The van der Waals surface area contributed by atoms with Crippen LogP contribution in [0.1, 0.15) is 44.5 Å². The zero-order valence-corrected chi connectivity index (χ0v) is 62.3. The lowest BCUT2D eigenvalue weighted by Gasteiger charge is -2.24. The van der Waals surface area contributed by atoms with Crippen LogP contribution in [0.25, 0.3) is 102 Å². The highest BCUT2D eigenvalue weighted by atomic mass is 16.6. The molecule has 8 N–H and O–H groups in total. The van der Waals surface area contributed by atoms with Gasteiger partial charge in [-0.05, 0) is 259 Å². The van der Waals surface area contributed by atoms with E-state index in [1.54, 1.807) is 0 Å². The Labute approximate surface area is 679 Å². The molecule has 24 nitrogen and oxygen atoms in total. The number of carbonyl (C=O) groups excluding carboxylic acids is 8. The van der Waals surface area contributed by atoms with Crippen molar-refractivity contribution in [3.05, 3.63) is 324 Å². The first-order valence-corrected chi connectivity index (χ1v) is 36.3. The van der Waals surface area contributed by atoms with Gasteiger partial charge < -0.3 is 78.7 Å². The molecule has 0 bridgehead atoms. The second-order valence-electron chi connectivity index (χ2n) is 26.5. The van der Waals surface area contributed by atoms with E-state index in [1.165, 1.54) is 279 Å². The molecule has 0 aliphatic heterocycles. The molecule has 0 radical (unpaired) electrons.